The number of methoxy groups -OCH3 is 1. The highest BCUT2D eigenvalue weighted by Crippen LogP contribution is 2.33. The van der Waals surface area contributed by atoms with Crippen LogP contribution in [-0.2, 0) is 4.79 Å². The van der Waals surface area contributed by atoms with E-state index in [1.54, 1.807) is 19.3 Å². The summed E-state index contributed by atoms with van der Waals surface area (Å²) in [6.45, 7) is 5.27. The quantitative estimate of drug-likeness (QED) is 0.823. The monoisotopic (exact) mass is 304 g/mol. The summed E-state index contributed by atoms with van der Waals surface area (Å²) < 4.78 is 6.22. The van der Waals surface area contributed by atoms with Gasteiger partial charge in [-0.1, -0.05) is 19.6 Å². The number of hydrogen-bond donors (Lipinski definition) is 1. The second kappa shape index (κ2) is 6.10. The number of hydrogen-bond acceptors (Lipinski definition) is 4. The Balaban J connectivity index is 2.36. The molecule has 0 saturated heterocycles. The molecular weight excluding hydrogens is 288 g/mol. The summed E-state index contributed by atoms with van der Waals surface area (Å²) in [5.41, 5.74) is 0.862. The molecule has 0 aliphatic carbocycles. The molecule has 0 bridgehead atoms. The Morgan fingerprint density at radius 3 is 2.71 bits per heavy atom. The fourth-order valence-corrected chi connectivity index (χ4v) is 3.05. The van der Waals surface area contributed by atoms with Gasteiger partial charge >= 0.3 is 5.97 Å². The van der Waals surface area contributed by atoms with E-state index in [0.717, 1.165) is 15.6 Å². The van der Waals surface area contributed by atoms with E-state index in [0.29, 0.717) is 10.6 Å². The lowest BCUT2D eigenvalue weighted by atomic mass is 10.0. The highest BCUT2D eigenvalue weighted by atomic mass is 32.1. The summed E-state index contributed by atoms with van der Waals surface area (Å²) in [6.07, 6.45) is 1.71. The van der Waals surface area contributed by atoms with Gasteiger partial charge < -0.3 is 9.84 Å². The van der Waals surface area contributed by atoms with Gasteiger partial charge in [-0.15, -0.1) is 11.3 Å². The van der Waals surface area contributed by atoms with Crippen molar-refractivity contribution in [2.24, 2.45) is 5.92 Å². The predicted octanol–water partition coefficient (Wildman–Crippen LogP) is 3.85. The molecule has 0 fully saturated rings. The Morgan fingerprint density at radius 1 is 1.43 bits per heavy atom. The van der Waals surface area contributed by atoms with Gasteiger partial charge in [0.05, 0.1) is 17.9 Å². The smallest absolute Gasteiger partial charge is 0.306 e. The summed E-state index contributed by atoms with van der Waals surface area (Å²) in [5.74, 6) is -1.08. The third-order valence-electron chi connectivity index (χ3n) is 3.28. The highest BCUT2D eigenvalue weighted by molar-refractivity contribution is 7.20. The minimum absolute atomic E-state index is 0.00755. The van der Waals surface area contributed by atoms with E-state index < -0.39 is 11.9 Å². The molecule has 5 heteroatoms. The lowest BCUT2D eigenvalue weighted by Crippen LogP contribution is -2.13. The first kappa shape index (κ1) is 15.3. The lowest BCUT2D eigenvalue weighted by Gasteiger charge is -2.04. The van der Waals surface area contributed by atoms with Crippen LogP contribution in [0.1, 0.15) is 28.6 Å². The first-order valence-electron chi connectivity index (χ1n) is 6.46. The van der Waals surface area contributed by atoms with Crippen LogP contribution in [0.4, 0.5) is 0 Å². The molecule has 110 valence electrons. The van der Waals surface area contributed by atoms with E-state index in [-0.39, 0.29) is 12.2 Å². The molecule has 0 amide bonds. The molecule has 1 N–H and O–H groups in total. The van der Waals surface area contributed by atoms with Crippen molar-refractivity contribution in [3.05, 3.63) is 35.2 Å². The van der Waals surface area contributed by atoms with Gasteiger partial charge in [0.1, 0.15) is 5.75 Å². The van der Waals surface area contributed by atoms with E-state index in [1.807, 2.05) is 12.1 Å². The Hall–Kier alpha value is -2.14. The number of ether oxygens (including phenoxy) is 1. The van der Waals surface area contributed by atoms with Gasteiger partial charge in [0.15, 0.2) is 5.78 Å². The number of rotatable bonds is 6. The molecule has 1 aromatic carbocycles. The van der Waals surface area contributed by atoms with Crippen LogP contribution in [0.25, 0.3) is 16.2 Å². The third-order valence-corrected chi connectivity index (χ3v) is 4.42. The number of fused-ring (bicyclic) bond motifs is 1. The number of carbonyl (C=O) groups is 2. The van der Waals surface area contributed by atoms with E-state index >= 15 is 0 Å². The third kappa shape index (κ3) is 3.13. The van der Waals surface area contributed by atoms with Crippen LogP contribution in [0.15, 0.2) is 24.8 Å². The molecule has 0 aliphatic rings. The number of carboxylic acid groups (broad SMARTS) is 1. The van der Waals surface area contributed by atoms with Crippen LogP contribution in [0.2, 0.25) is 0 Å². The zero-order valence-corrected chi connectivity index (χ0v) is 12.7. The van der Waals surface area contributed by atoms with Crippen molar-refractivity contribution in [3.8, 4) is 5.75 Å². The van der Waals surface area contributed by atoms with Crippen molar-refractivity contribution in [3.63, 3.8) is 0 Å². The second-order valence-corrected chi connectivity index (χ2v) is 5.90. The largest absolute Gasteiger partial charge is 0.496 e. The summed E-state index contributed by atoms with van der Waals surface area (Å²) >= 11 is 1.35. The maximum absolute atomic E-state index is 12.1. The van der Waals surface area contributed by atoms with Crippen molar-refractivity contribution in [2.45, 2.75) is 13.3 Å². The second-order valence-electron chi connectivity index (χ2n) is 4.81. The van der Waals surface area contributed by atoms with Gasteiger partial charge in [0, 0.05) is 16.7 Å². The van der Waals surface area contributed by atoms with Gasteiger partial charge in [-0.2, -0.15) is 0 Å². The topological polar surface area (TPSA) is 63.6 Å². The van der Waals surface area contributed by atoms with E-state index in [9.17, 15) is 9.59 Å². The SMILES string of the molecule is C=Cc1cc2cc(C(=O)CC(C)C(=O)O)sc2cc1OC. The summed E-state index contributed by atoms with van der Waals surface area (Å²) in [7, 11) is 1.59. The van der Waals surface area contributed by atoms with Gasteiger partial charge in [0.25, 0.3) is 0 Å². The molecule has 21 heavy (non-hydrogen) atoms. The number of thiophene rings is 1. The van der Waals surface area contributed by atoms with Crippen molar-refractivity contribution in [1.82, 2.24) is 0 Å². The number of carbonyl (C=O) groups excluding carboxylic acids is 1. The fraction of sp³-hybridized carbons (Fsp3) is 0.250. The molecule has 1 aromatic heterocycles. The molecule has 2 rings (SSSR count). The Morgan fingerprint density at radius 2 is 2.14 bits per heavy atom. The van der Waals surface area contributed by atoms with Crippen LogP contribution < -0.4 is 4.74 Å². The Labute approximate surface area is 126 Å². The van der Waals surface area contributed by atoms with Crippen molar-refractivity contribution < 1.29 is 19.4 Å². The summed E-state index contributed by atoms with van der Waals surface area (Å²) in [5, 5.41) is 9.81. The molecule has 0 aliphatic heterocycles. The average Bonchev–Trinajstić information content (AvgIpc) is 2.88. The molecule has 1 heterocycles. The average molecular weight is 304 g/mol. The van der Waals surface area contributed by atoms with Gasteiger partial charge in [-0.3, -0.25) is 9.59 Å². The van der Waals surface area contributed by atoms with Crippen LogP contribution in [0, 0.1) is 5.92 Å². The number of carboxylic acids is 1. The molecule has 1 atom stereocenters. The normalized spacial score (nSPS) is 12.1. The molecule has 2 aromatic rings. The van der Waals surface area contributed by atoms with Crippen molar-refractivity contribution >= 4 is 39.3 Å². The standard InChI is InChI=1S/C16H16O4S/c1-4-10-6-11-7-15(12(17)5-9(2)16(18)19)21-14(11)8-13(10)20-3/h4,6-9H,1,5H2,2-3H3,(H,18,19). The van der Waals surface area contributed by atoms with Gasteiger partial charge in [-0.05, 0) is 23.6 Å². The van der Waals surface area contributed by atoms with Crippen molar-refractivity contribution in [1.29, 1.82) is 0 Å². The predicted molar refractivity (Wildman–Crippen MR) is 84.2 cm³/mol. The number of Topliss-reactive ketones (excluding diaryl/α,β-unsaturated/α-hetero) is 1. The molecule has 0 radical (unpaired) electrons. The van der Waals surface area contributed by atoms with Crippen molar-refractivity contribution in [2.75, 3.05) is 7.11 Å². The van der Waals surface area contributed by atoms with Crippen LogP contribution in [-0.4, -0.2) is 24.0 Å². The van der Waals surface area contributed by atoms with E-state index in [4.69, 9.17) is 9.84 Å². The summed E-state index contributed by atoms with van der Waals surface area (Å²) in [6, 6.07) is 5.58. The van der Waals surface area contributed by atoms with Gasteiger partial charge in [-0.25, -0.2) is 0 Å². The highest BCUT2D eigenvalue weighted by Gasteiger charge is 2.19. The van der Waals surface area contributed by atoms with Gasteiger partial charge in [0.2, 0.25) is 0 Å². The van der Waals surface area contributed by atoms with Crippen LogP contribution in [0.5, 0.6) is 5.75 Å². The fourth-order valence-electron chi connectivity index (χ4n) is 2.03. The minimum Gasteiger partial charge on any atom is -0.496 e. The number of aliphatic carboxylic acids is 1. The number of benzene rings is 1. The Bertz CT molecular complexity index is 714. The minimum atomic E-state index is -0.958. The molecule has 4 nitrogen and oxygen atoms in total. The Kier molecular flexibility index (Phi) is 4.43. The van der Waals surface area contributed by atoms with Crippen LogP contribution >= 0.6 is 11.3 Å². The maximum Gasteiger partial charge on any atom is 0.306 e. The first-order chi connectivity index (χ1) is 9.96. The molecule has 0 saturated carbocycles. The van der Waals surface area contributed by atoms with Crippen LogP contribution in [0.3, 0.4) is 0 Å². The number of ketones is 1. The molecular formula is C16H16O4S. The lowest BCUT2D eigenvalue weighted by molar-refractivity contribution is -0.141. The zero-order valence-electron chi connectivity index (χ0n) is 11.9. The van der Waals surface area contributed by atoms with E-state index in [2.05, 4.69) is 6.58 Å². The molecule has 1 unspecified atom stereocenters. The molecule has 0 spiro atoms. The first-order valence-corrected chi connectivity index (χ1v) is 7.28. The van der Waals surface area contributed by atoms with E-state index in [1.165, 1.54) is 18.3 Å². The zero-order chi connectivity index (χ0) is 15.6. The summed E-state index contributed by atoms with van der Waals surface area (Å²) in [4.78, 5) is 23.5. The maximum atomic E-state index is 12.1.